The van der Waals surface area contributed by atoms with Gasteiger partial charge in [0.15, 0.2) is 0 Å². The van der Waals surface area contributed by atoms with Gasteiger partial charge in [-0.2, -0.15) is 0 Å². The van der Waals surface area contributed by atoms with E-state index in [-0.39, 0.29) is 25.0 Å². The molecule has 0 bridgehead atoms. The molecule has 0 spiro atoms. The number of hydrogen-bond donors (Lipinski definition) is 1. The third kappa shape index (κ3) is 3.86. The molecule has 0 atom stereocenters. The van der Waals surface area contributed by atoms with Gasteiger partial charge in [-0.3, -0.25) is 9.59 Å². The summed E-state index contributed by atoms with van der Waals surface area (Å²) >= 11 is 6.06. The molecule has 26 heavy (non-hydrogen) atoms. The second kappa shape index (κ2) is 8.01. The lowest BCUT2D eigenvalue weighted by atomic mass is 10.2. The van der Waals surface area contributed by atoms with Crippen LogP contribution in [-0.4, -0.2) is 28.0 Å². The summed E-state index contributed by atoms with van der Waals surface area (Å²) in [6, 6.07) is 14.3. The monoisotopic (exact) mass is 371 g/mol. The highest BCUT2D eigenvalue weighted by Crippen LogP contribution is 2.17. The van der Waals surface area contributed by atoms with Crippen LogP contribution in [0.25, 0.3) is 11.0 Å². The number of nitrogens with zero attached hydrogens (tertiary/aromatic N) is 2. The molecule has 2 aromatic carbocycles. The lowest BCUT2D eigenvalue weighted by Crippen LogP contribution is -2.26. The fourth-order valence-electron chi connectivity index (χ4n) is 2.67. The van der Waals surface area contributed by atoms with E-state index in [1.165, 1.54) is 0 Å². The molecule has 1 N–H and O–H groups in total. The van der Waals surface area contributed by atoms with Crippen molar-refractivity contribution >= 4 is 34.5 Å². The molecule has 0 saturated carbocycles. The molecular formula is C19H18ClN3O3. The number of ether oxygens (including phenoxy) is 1. The first-order valence-electron chi connectivity index (χ1n) is 8.22. The number of carbonyl (C=O) groups excluding carboxylic acids is 2. The van der Waals surface area contributed by atoms with Crippen LogP contribution in [0.2, 0.25) is 5.02 Å². The summed E-state index contributed by atoms with van der Waals surface area (Å²) < 4.78 is 6.79. The molecule has 3 rings (SSSR count). The predicted molar refractivity (Wildman–Crippen MR) is 99.0 cm³/mol. The Bertz CT molecular complexity index is 952. The molecule has 0 fully saturated rings. The molecule has 0 aliphatic carbocycles. The summed E-state index contributed by atoms with van der Waals surface area (Å²) in [6.45, 7) is 2.27. The summed E-state index contributed by atoms with van der Waals surface area (Å²) in [5.74, 6) is -0.0840. The third-order valence-electron chi connectivity index (χ3n) is 3.85. The number of hydrogen-bond acceptors (Lipinski definition) is 4. The van der Waals surface area contributed by atoms with Gasteiger partial charge in [-0.25, -0.2) is 4.98 Å². The van der Waals surface area contributed by atoms with E-state index in [4.69, 9.17) is 16.3 Å². The van der Waals surface area contributed by atoms with Crippen LogP contribution in [0.4, 0.5) is 0 Å². The Kier molecular flexibility index (Phi) is 5.53. The highest BCUT2D eigenvalue weighted by atomic mass is 35.5. The number of benzene rings is 2. The molecule has 6 nitrogen and oxygen atoms in total. The van der Waals surface area contributed by atoms with Crippen LogP contribution in [0.1, 0.15) is 23.1 Å². The van der Waals surface area contributed by atoms with Crippen LogP contribution in [0, 0.1) is 0 Å². The van der Waals surface area contributed by atoms with Gasteiger partial charge in [0, 0.05) is 0 Å². The summed E-state index contributed by atoms with van der Waals surface area (Å²) in [7, 11) is 0. The number of amides is 1. The standard InChI is InChI=1S/C19H18ClN3O3/c1-2-26-18(24)12-23-16-10-6-5-9-15(16)22-17(23)11-21-19(25)13-7-3-4-8-14(13)20/h3-10H,2,11-12H2,1H3,(H,21,25). The van der Waals surface area contributed by atoms with Crippen molar-refractivity contribution in [1.82, 2.24) is 14.9 Å². The maximum absolute atomic E-state index is 12.4. The van der Waals surface area contributed by atoms with E-state index in [1.54, 1.807) is 35.8 Å². The highest BCUT2D eigenvalue weighted by Gasteiger charge is 2.16. The molecule has 0 unspecified atom stereocenters. The third-order valence-corrected chi connectivity index (χ3v) is 4.18. The average Bonchev–Trinajstić information content (AvgIpc) is 2.98. The van der Waals surface area contributed by atoms with Gasteiger partial charge in [0.2, 0.25) is 0 Å². The molecule has 7 heteroatoms. The first-order chi connectivity index (χ1) is 12.6. The number of imidazole rings is 1. The number of carbonyl (C=O) groups is 2. The van der Waals surface area contributed by atoms with Crippen molar-refractivity contribution in [2.24, 2.45) is 0 Å². The summed E-state index contributed by atoms with van der Waals surface area (Å²) in [4.78, 5) is 28.8. The smallest absolute Gasteiger partial charge is 0.326 e. The van der Waals surface area contributed by atoms with Gasteiger partial charge >= 0.3 is 5.97 Å². The zero-order valence-electron chi connectivity index (χ0n) is 14.2. The lowest BCUT2D eigenvalue weighted by molar-refractivity contribution is -0.143. The van der Waals surface area contributed by atoms with Crippen LogP contribution in [-0.2, 0) is 22.6 Å². The Morgan fingerprint density at radius 1 is 1.15 bits per heavy atom. The molecule has 134 valence electrons. The minimum absolute atomic E-state index is 0.0334. The topological polar surface area (TPSA) is 73.2 Å². The Morgan fingerprint density at radius 2 is 1.88 bits per heavy atom. The van der Waals surface area contributed by atoms with E-state index in [0.717, 1.165) is 11.0 Å². The number of fused-ring (bicyclic) bond motifs is 1. The summed E-state index contributed by atoms with van der Waals surface area (Å²) in [6.07, 6.45) is 0. The van der Waals surface area contributed by atoms with Crippen molar-refractivity contribution in [2.45, 2.75) is 20.0 Å². The van der Waals surface area contributed by atoms with Crippen LogP contribution in [0.15, 0.2) is 48.5 Å². The number of para-hydroxylation sites is 2. The molecular weight excluding hydrogens is 354 g/mol. The minimum Gasteiger partial charge on any atom is -0.465 e. The van der Waals surface area contributed by atoms with Gasteiger partial charge in [-0.1, -0.05) is 35.9 Å². The van der Waals surface area contributed by atoms with Gasteiger partial charge in [0.05, 0.1) is 34.8 Å². The second-order valence-electron chi connectivity index (χ2n) is 5.57. The average molecular weight is 372 g/mol. The van der Waals surface area contributed by atoms with Crippen molar-refractivity contribution < 1.29 is 14.3 Å². The van der Waals surface area contributed by atoms with Crippen LogP contribution in [0.3, 0.4) is 0 Å². The first kappa shape index (κ1) is 17.9. The van der Waals surface area contributed by atoms with Gasteiger partial charge in [0.1, 0.15) is 12.4 Å². The Morgan fingerprint density at radius 3 is 2.65 bits per heavy atom. The van der Waals surface area contributed by atoms with Gasteiger partial charge in [-0.15, -0.1) is 0 Å². The molecule has 1 amide bonds. The molecule has 3 aromatic rings. The van der Waals surface area contributed by atoms with Crippen molar-refractivity contribution in [1.29, 1.82) is 0 Å². The maximum Gasteiger partial charge on any atom is 0.326 e. The fraction of sp³-hybridized carbons (Fsp3) is 0.211. The van der Waals surface area contributed by atoms with Crippen molar-refractivity contribution in [3.8, 4) is 0 Å². The van der Waals surface area contributed by atoms with E-state index in [0.29, 0.717) is 23.0 Å². The van der Waals surface area contributed by atoms with Crippen molar-refractivity contribution in [3.05, 3.63) is 64.9 Å². The molecule has 0 aliphatic heterocycles. The molecule has 1 aromatic heterocycles. The Labute approximate surface area is 155 Å². The summed E-state index contributed by atoms with van der Waals surface area (Å²) in [5.41, 5.74) is 1.95. The fourth-order valence-corrected chi connectivity index (χ4v) is 2.89. The number of nitrogens with one attached hydrogen (secondary N) is 1. The van der Waals surface area contributed by atoms with E-state index in [1.807, 2.05) is 24.3 Å². The van der Waals surface area contributed by atoms with Crippen molar-refractivity contribution in [3.63, 3.8) is 0 Å². The quantitative estimate of drug-likeness (QED) is 0.675. The molecule has 0 aliphatic rings. The van der Waals surface area contributed by atoms with Gasteiger partial charge < -0.3 is 14.6 Å². The van der Waals surface area contributed by atoms with E-state index >= 15 is 0 Å². The number of aromatic nitrogens is 2. The Balaban J connectivity index is 1.84. The van der Waals surface area contributed by atoms with E-state index < -0.39 is 0 Å². The van der Waals surface area contributed by atoms with Gasteiger partial charge in [-0.05, 0) is 31.2 Å². The lowest BCUT2D eigenvalue weighted by Gasteiger charge is -2.10. The van der Waals surface area contributed by atoms with Gasteiger partial charge in [0.25, 0.3) is 5.91 Å². The highest BCUT2D eigenvalue weighted by molar-refractivity contribution is 6.33. The Hall–Kier alpha value is -2.86. The molecule has 0 radical (unpaired) electrons. The van der Waals surface area contributed by atoms with Crippen LogP contribution < -0.4 is 5.32 Å². The minimum atomic E-state index is -0.352. The van der Waals surface area contributed by atoms with Crippen LogP contribution >= 0.6 is 11.6 Å². The molecule has 1 heterocycles. The molecule has 0 saturated heterocycles. The summed E-state index contributed by atoms with van der Waals surface area (Å²) in [5, 5.41) is 3.18. The van der Waals surface area contributed by atoms with E-state index in [2.05, 4.69) is 10.3 Å². The zero-order chi connectivity index (χ0) is 18.5. The number of esters is 1. The van der Waals surface area contributed by atoms with Crippen molar-refractivity contribution in [2.75, 3.05) is 6.61 Å². The second-order valence-corrected chi connectivity index (χ2v) is 5.98. The largest absolute Gasteiger partial charge is 0.465 e. The van der Waals surface area contributed by atoms with E-state index in [9.17, 15) is 9.59 Å². The normalized spacial score (nSPS) is 10.7. The zero-order valence-corrected chi connectivity index (χ0v) is 15.0. The number of rotatable bonds is 6. The SMILES string of the molecule is CCOC(=O)Cn1c(CNC(=O)c2ccccc2Cl)nc2ccccc21. The predicted octanol–water partition coefficient (Wildman–Crippen LogP) is 3.18. The maximum atomic E-state index is 12.4. The van der Waals surface area contributed by atoms with Crippen LogP contribution in [0.5, 0.6) is 0 Å². The first-order valence-corrected chi connectivity index (χ1v) is 8.60. The number of halogens is 1.